The van der Waals surface area contributed by atoms with E-state index in [1.165, 1.54) is 276 Å². The molecule has 9 heteroatoms. The maximum atomic E-state index is 13.0. The highest BCUT2D eigenvalue weighted by Gasteiger charge is 2.23. The molecule has 0 saturated carbocycles. The van der Waals surface area contributed by atoms with Crippen LogP contribution in [0.15, 0.2) is 12.2 Å². The summed E-state index contributed by atoms with van der Waals surface area (Å²) in [5.41, 5.74) is 0. The molecule has 0 bridgehead atoms. The van der Waals surface area contributed by atoms with E-state index >= 15 is 0 Å². The number of hydrogen-bond acceptors (Lipinski definition) is 6. The number of rotatable bonds is 60. The maximum absolute atomic E-state index is 13.0. The number of phosphoric ester groups is 1. The van der Waals surface area contributed by atoms with Gasteiger partial charge >= 0.3 is 0 Å². The second kappa shape index (κ2) is 55.0. The molecule has 72 heavy (non-hydrogen) atoms. The third-order valence-electron chi connectivity index (χ3n) is 15.0. The zero-order valence-corrected chi connectivity index (χ0v) is 50.1. The van der Waals surface area contributed by atoms with Gasteiger partial charge in [-0.25, -0.2) is 0 Å². The van der Waals surface area contributed by atoms with E-state index in [9.17, 15) is 19.4 Å². The summed E-state index contributed by atoms with van der Waals surface area (Å²) < 4.78 is 23.4. The molecule has 0 saturated heterocycles. The van der Waals surface area contributed by atoms with Gasteiger partial charge in [0.15, 0.2) is 0 Å². The highest BCUT2D eigenvalue weighted by Crippen LogP contribution is 2.38. The van der Waals surface area contributed by atoms with Gasteiger partial charge in [-0.3, -0.25) is 9.36 Å². The summed E-state index contributed by atoms with van der Waals surface area (Å²) in [7, 11) is 1.28. The molecule has 0 aromatic rings. The van der Waals surface area contributed by atoms with Gasteiger partial charge in [0.25, 0.3) is 7.82 Å². The monoisotopic (exact) mass is 1040 g/mol. The van der Waals surface area contributed by atoms with Gasteiger partial charge in [0.1, 0.15) is 13.2 Å². The van der Waals surface area contributed by atoms with Crippen molar-refractivity contribution in [2.75, 3.05) is 40.9 Å². The Morgan fingerprint density at radius 1 is 0.472 bits per heavy atom. The second-order valence-corrected chi connectivity index (χ2v) is 24.9. The van der Waals surface area contributed by atoms with Crippen molar-refractivity contribution >= 4 is 13.7 Å². The first-order valence-corrected chi connectivity index (χ1v) is 33.5. The molecule has 0 aromatic carbocycles. The number of nitrogens with one attached hydrogen (secondary N) is 1. The Morgan fingerprint density at radius 3 is 1.04 bits per heavy atom. The molecule has 0 aliphatic heterocycles. The van der Waals surface area contributed by atoms with Crippen LogP contribution >= 0.6 is 7.82 Å². The van der Waals surface area contributed by atoms with Crippen LogP contribution in [0.4, 0.5) is 0 Å². The maximum Gasteiger partial charge on any atom is 0.268 e. The lowest BCUT2D eigenvalue weighted by Crippen LogP contribution is -2.45. The van der Waals surface area contributed by atoms with Gasteiger partial charge in [-0.1, -0.05) is 321 Å². The summed E-state index contributed by atoms with van der Waals surface area (Å²) in [5.74, 6) is -0.189. The van der Waals surface area contributed by atoms with Crippen LogP contribution in [0, 0.1) is 0 Å². The van der Waals surface area contributed by atoms with E-state index in [0.29, 0.717) is 17.4 Å². The topological polar surface area (TPSA) is 108 Å². The van der Waals surface area contributed by atoms with Crippen LogP contribution in [-0.4, -0.2) is 68.5 Å². The standard InChI is InChI=1S/C63H127N2O6P/c1-6-8-10-12-14-16-18-20-22-24-25-26-27-28-29-30-31-32-33-34-35-36-37-38-39-41-43-45-47-49-51-53-55-57-63(67)64-61(60-71-72(68,69)70-59-58-65(3,4)5)62(66)56-54-52-50-48-46-44-42-40-23-21-19-17-15-13-11-9-7-2/h54,56,61-62,66H,6-53,55,57-60H2,1-5H3,(H-,64,67,68,69)/b56-54+/t61-,62+/m0/s1. The Labute approximate surface area is 450 Å². The Hall–Kier alpha value is -0.760. The number of aliphatic hydroxyl groups excluding tert-OH is 1. The largest absolute Gasteiger partial charge is 0.756 e. The minimum Gasteiger partial charge on any atom is -0.756 e. The van der Waals surface area contributed by atoms with Crippen LogP contribution in [-0.2, 0) is 18.4 Å². The third-order valence-corrected chi connectivity index (χ3v) is 16.0. The third kappa shape index (κ3) is 57.0. The summed E-state index contributed by atoms with van der Waals surface area (Å²) >= 11 is 0. The van der Waals surface area contributed by atoms with Gasteiger partial charge in [-0.05, 0) is 19.3 Å². The molecule has 0 radical (unpaired) electrons. The number of aliphatic hydroxyl groups is 1. The lowest BCUT2D eigenvalue weighted by atomic mass is 10.0. The van der Waals surface area contributed by atoms with Gasteiger partial charge in [-0.15, -0.1) is 0 Å². The number of allylic oxidation sites excluding steroid dienone is 1. The second-order valence-electron chi connectivity index (χ2n) is 23.5. The lowest BCUT2D eigenvalue weighted by molar-refractivity contribution is -0.870. The number of amides is 1. The lowest BCUT2D eigenvalue weighted by Gasteiger charge is -2.29. The number of carbonyl (C=O) groups excluding carboxylic acids is 1. The van der Waals surface area contributed by atoms with E-state index in [1.807, 2.05) is 27.2 Å². The molecule has 1 amide bonds. The Balaban J connectivity index is 3.98. The Kier molecular flexibility index (Phi) is 54.4. The number of likely N-dealkylation sites (N-methyl/N-ethyl adjacent to an activating group) is 1. The van der Waals surface area contributed by atoms with Crippen LogP contribution in [0.1, 0.15) is 335 Å². The molecule has 0 heterocycles. The van der Waals surface area contributed by atoms with E-state index < -0.39 is 20.0 Å². The quantitative estimate of drug-likeness (QED) is 0.0272. The predicted octanol–water partition coefficient (Wildman–Crippen LogP) is 19.1. The molecule has 8 nitrogen and oxygen atoms in total. The first kappa shape index (κ1) is 71.2. The van der Waals surface area contributed by atoms with Gasteiger partial charge < -0.3 is 28.8 Å². The van der Waals surface area contributed by atoms with Crippen molar-refractivity contribution in [3.05, 3.63) is 12.2 Å². The van der Waals surface area contributed by atoms with Crippen molar-refractivity contribution in [3.63, 3.8) is 0 Å². The first-order chi connectivity index (χ1) is 35.0. The number of nitrogens with zero attached hydrogens (tertiary/aromatic N) is 1. The molecule has 1 unspecified atom stereocenters. The predicted molar refractivity (Wildman–Crippen MR) is 312 cm³/mol. The molecular weight excluding hydrogens is 912 g/mol. The van der Waals surface area contributed by atoms with Crippen molar-refractivity contribution in [2.24, 2.45) is 0 Å². The van der Waals surface area contributed by atoms with Crippen molar-refractivity contribution < 1.29 is 32.9 Å². The number of quaternary nitrogens is 1. The van der Waals surface area contributed by atoms with Crippen molar-refractivity contribution in [1.29, 1.82) is 0 Å². The van der Waals surface area contributed by atoms with Crippen LogP contribution in [0.25, 0.3) is 0 Å². The zero-order chi connectivity index (χ0) is 52.7. The van der Waals surface area contributed by atoms with Crippen molar-refractivity contribution in [1.82, 2.24) is 5.32 Å². The molecule has 3 atom stereocenters. The summed E-state index contributed by atoms with van der Waals surface area (Å²) in [4.78, 5) is 25.5. The Morgan fingerprint density at radius 2 is 0.750 bits per heavy atom. The van der Waals surface area contributed by atoms with Gasteiger partial charge in [-0.2, -0.15) is 0 Å². The van der Waals surface area contributed by atoms with Crippen LogP contribution in [0.2, 0.25) is 0 Å². The number of phosphoric acid groups is 1. The highest BCUT2D eigenvalue weighted by molar-refractivity contribution is 7.45. The average molecular weight is 1040 g/mol. The summed E-state index contributed by atoms with van der Waals surface area (Å²) in [6, 6.07) is -0.882. The van der Waals surface area contributed by atoms with E-state index in [1.54, 1.807) is 6.08 Å². The molecule has 430 valence electrons. The number of hydrogen-bond donors (Lipinski definition) is 2. The van der Waals surface area contributed by atoms with Crippen molar-refractivity contribution in [2.45, 2.75) is 347 Å². The molecule has 0 aromatic heterocycles. The molecule has 0 spiro atoms. The highest BCUT2D eigenvalue weighted by atomic mass is 31.2. The SMILES string of the molecule is CCCCCCCCCCCCCCCCC/C=C/[C@@H](O)[C@H](COP(=O)([O-])OCC[N+](C)(C)C)NC(=O)CCCCCCCCCCCCCCCCCCCCCCCCCCCCCCCCCCC. The summed E-state index contributed by atoms with van der Waals surface area (Å²) in [5, 5.41) is 13.9. The fraction of sp³-hybridized carbons (Fsp3) is 0.952. The van der Waals surface area contributed by atoms with Gasteiger partial charge in [0.2, 0.25) is 5.91 Å². The molecule has 0 rings (SSSR count). The normalized spacial score (nSPS) is 13.8. The zero-order valence-electron chi connectivity index (χ0n) is 49.2. The summed E-state index contributed by atoms with van der Waals surface area (Å²) in [6.07, 6.45) is 68.9. The number of unbranched alkanes of at least 4 members (excludes halogenated alkanes) is 47. The molecule has 0 aliphatic carbocycles. The van der Waals surface area contributed by atoms with Crippen LogP contribution in [0.3, 0.4) is 0 Å². The molecular formula is C63H127N2O6P. The van der Waals surface area contributed by atoms with Crippen LogP contribution < -0.4 is 10.2 Å². The molecule has 2 N–H and O–H groups in total. The fourth-order valence-corrected chi connectivity index (χ4v) is 10.7. The van der Waals surface area contributed by atoms with Crippen molar-refractivity contribution in [3.8, 4) is 0 Å². The van der Waals surface area contributed by atoms with E-state index in [0.717, 1.165) is 38.5 Å². The fourth-order valence-electron chi connectivity index (χ4n) is 9.98. The van der Waals surface area contributed by atoms with E-state index in [-0.39, 0.29) is 19.1 Å². The smallest absolute Gasteiger partial charge is 0.268 e. The van der Waals surface area contributed by atoms with Gasteiger partial charge in [0.05, 0.1) is 39.9 Å². The Bertz CT molecular complexity index is 1180. The minimum atomic E-state index is -4.59. The van der Waals surface area contributed by atoms with E-state index in [4.69, 9.17) is 9.05 Å². The minimum absolute atomic E-state index is 0.00272. The van der Waals surface area contributed by atoms with Crippen LogP contribution in [0.5, 0.6) is 0 Å². The first-order valence-electron chi connectivity index (χ1n) is 32.1. The average Bonchev–Trinajstić information content (AvgIpc) is 3.34. The molecule has 0 aliphatic rings. The number of carbonyl (C=O) groups is 1. The molecule has 0 fully saturated rings. The van der Waals surface area contributed by atoms with Gasteiger partial charge in [0, 0.05) is 6.42 Å². The summed E-state index contributed by atoms with van der Waals surface area (Å²) in [6.45, 7) is 4.71. The van der Waals surface area contributed by atoms with E-state index in [2.05, 4.69) is 19.2 Å².